The number of aromatic nitrogens is 1. The van der Waals surface area contributed by atoms with Gasteiger partial charge in [-0.05, 0) is 41.6 Å². The highest BCUT2D eigenvalue weighted by atomic mass is 16.5. The van der Waals surface area contributed by atoms with Gasteiger partial charge in [0.2, 0.25) is 5.91 Å². The third-order valence-electron chi connectivity index (χ3n) is 4.93. The second-order valence-corrected chi connectivity index (χ2v) is 6.76. The van der Waals surface area contributed by atoms with Crippen LogP contribution in [0.2, 0.25) is 0 Å². The Balaban J connectivity index is 1.34. The maximum Gasteiger partial charge on any atom is 0.225 e. The largest absolute Gasteiger partial charge is 0.497 e. The Morgan fingerprint density at radius 1 is 1.22 bits per heavy atom. The summed E-state index contributed by atoms with van der Waals surface area (Å²) in [5.41, 5.74) is 5.47. The second-order valence-electron chi connectivity index (χ2n) is 6.76. The molecule has 2 aromatic carbocycles. The van der Waals surface area contributed by atoms with E-state index in [0.29, 0.717) is 13.0 Å². The van der Waals surface area contributed by atoms with Gasteiger partial charge in [-0.3, -0.25) is 9.79 Å². The Kier molecular flexibility index (Phi) is 4.92. The molecule has 0 saturated heterocycles. The number of carbonyl (C=O) groups is 1. The first-order valence-corrected chi connectivity index (χ1v) is 9.27. The SMILES string of the molecule is COc1ccc2c(c1)C(CCNC(=O)Cc1cc3ccccc3[nH]1)=NCC2. The van der Waals surface area contributed by atoms with Gasteiger partial charge in [0.1, 0.15) is 5.75 Å². The lowest BCUT2D eigenvalue weighted by Crippen LogP contribution is -2.28. The summed E-state index contributed by atoms with van der Waals surface area (Å²) in [4.78, 5) is 20.2. The number of methoxy groups -OCH3 is 1. The van der Waals surface area contributed by atoms with E-state index in [1.807, 2.05) is 42.5 Å². The first-order valence-electron chi connectivity index (χ1n) is 9.27. The fourth-order valence-corrected chi connectivity index (χ4v) is 3.56. The van der Waals surface area contributed by atoms with Gasteiger partial charge in [-0.1, -0.05) is 24.3 Å². The van der Waals surface area contributed by atoms with Crippen molar-refractivity contribution in [3.05, 3.63) is 65.4 Å². The van der Waals surface area contributed by atoms with Crippen LogP contribution in [0.3, 0.4) is 0 Å². The third kappa shape index (κ3) is 3.87. The smallest absolute Gasteiger partial charge is 0.225 e. The quantitative estimate of drug-likeness (QED) is 0.708. The fourth-order valence-electron chi connectivity index (χ4n) is 3.56. The van der Waals surface area contributed by atoms with Crippen LogP contribution < -0.4 is 10.1 Å². The maximum atomic E-state index is 12.3. The van der Waals surface area contributed by atoms with Crippen molar-refractivity contribution in [3.63, 3.8) is 0 Å². The Bertz CT molecular complexity index is 971. The number of aliphatic imine (C=N–C) groups is 1. The highest BCUT2D eigenvalue weighted by Crippen LogP contribution is 2.23. The lowest BCUT2D eigenvalue weighted by molar-refractivity contribution is -0.120. The van der Waals surface area contributed by atoms with E-state index in [1.165, 1.54) is 5.56 Å². The molecule has 27 heavy (non-hydrogen) atoms. The molecule has 1 amide bonds. The van der Waals surface area contributed by atoms with Crippen LogP contribution in [0.15, 0.2) is 53.5 Å². The van der Waals surface area contributed by atoms with Crippen LogP contribution in [-0.4, -0.2) is 36.8 Å². The lowest BCUT2D eigenvalue weighted by atomic mass is 9.95. The number of amides is 1. The summed E-state index contributed by atoms with van der Waals surface area (Å²) in [7, 11) is 1.67. The molecule has 3 aromatic rings. The summed E-state index contributed by atoms with van der Waals surface area (Å²) < 4.78 is 5.33. The molecule has 2 N–H and O–H groups in total. The van der Waals surface area contributed by atoms with E-state index in [-0.39, 0.29) is 5.91 Å². The van der Waals surface area contributed by atoms with Gasteiger partial charge in [0.15, 0.2) is 0 Å². The number of ether oxygens (including phenoxy) is 1. The number of nitrogens with zero attached hydrogens (tertiary/aromatic N) is 1. The molecule has 5 nitrogen and oxygen atoms in total. The minimum atomic E-state index is 0.0174. The normalized spacial score (nSPS) is 13.1. The summed E-state index contributed by atoms with van der Waals surface area (Å²) in [6, 6.07) is 16.2. The molecule has 0 atom stereocenters. The second kappa shape index (κ2) is 7.66. The number of fused-ring (bicyclic) bond motifs is 2. The number of carbonyl (C=O) groups excluding carboxylic acids is 1. The number of H-pyrrole nitrogens is 1. The molecule has 0 radical (unpaired) electrons. The number of benzene rings is 2. The predicted octanol–water partition coefficient (Wildman–Crippen LogP) is 3.27. The lowest BCUT2D eigenvalue weighted by Gasteiger charge is -2.18. The van der Waals surface area contributed by atoms with E-state index < -0.39 is 0 Å². The Morgan fingerprint density at radius 3 is 2.96 bits per heavy atom. The van der Waals surface area contributed by atoms with Crippen molar-refractivity contribution in [1.82, 2.24) is 10.3 Å². The van der Waals surface area contributed by atoms with E-state index >= 15 is 0 Å². The molecule has 5 heteroatoms. The average Bonchev–Trinajstić information content (AvgIpc) is 3.10. The Hall–Kier alpha value is -3.08. The molecule has 138 valence electrons. The van der Waals surface area contributed by atoms with Crippen molar-refractivity contribution in [2.45, 2.75) is 19.3 Å². The van der Waals surface area contributed by atoms with E-state index in [1.54, 1.807) is 7.11 Å². The molecule has 1 aliphatic heterocycles. The number of para-hydroxylation sites is 1. The molecular weight excluding hydrogens is 338 g/mol. The zero-order valence-corrected chi connectivity index (χ0v) is 15.4. The van der Waals surface area contributed by atoms with Crippen LogP contribution >= 0.6 is 0 Å². The monoisotopic (exact) mass is 361 g/mol. The average molecular weight is 361 g/mol. The minimum absolute atomic E-state index is 0.0174. The maximum absolute atomic E-state index is 12.3. The molecule has 1 aliphatic rings. The topological polar surface area (TPSA) is 66.5 Å². The van der Waals surface area contributed by atoms with Gasteiger partial charge in [0.25, 0.3) is 0 Å². The number of nitrogens with one attached hydrogen (secondary N) is 2. The van der Waals surface area contributed by atoms with E-state index in [0.717, 1.165) is 53.0 Å². The van der Waals surface area contributed by atoms with Crippen molar-refractivity contribution in [2.75, 3.05) is 20.2 Å². The summed E-state index contributed by atoms with van der Waals surface area (Å²) in [6.45, 7) is 1.38. The van der Waals surface area contributed by atoms with Crippen molar-refractivity contribution < 1.29 is 9.53 Å². The summed E-state index contributed by atoms with van der Waals surface area (Å²) in [5, 5.41) is 4.14. The van der Waals surface area contributed by atoms with Crippen molar-refractivity contribution in [3.8, 4) is 5.75 Å². The van der Waals surface area contributed by atoms with Crippen molar-refractivity contribution >= 4 is 22.5 Å². The number of hydrogen-bond acceptors (Lipinski definition) is 3. The van der Waals surface area contributed by atoms with Gasteiger partial charge in [0, 0.05) is 42.0 Å². The van der Waals surface area contributed by atoms with E-state index in [2.05, 4.69) is 21.4 Å². The van der Waals surface area contributed by atoms with Crippen molar-refractivity contribution in [1.29, 1.82) is 0 Å². The van der Waals surface area contributed by atoms with Crippen LogP contribution in [0.4, 0.5) is 0 Å². The molecule has 0 unspecified atom stereocenters. The molecule has 0 fully saturated rings. The number of aromatic amines is 1. The minimum Gasteiger partial charge on any atom is -0.497 e. The van der Waals surface area contributed by atoms with Crippen LogP contribution in [0.5, 0.6) is 5.75 Å². The van der Waals surface area contributed by atoms with Gasteiger partial charge < -0.3 is 15.0 Å². The summed E-state index contributed by atoms with van der Waals surface area (Å²) >= 11 is 0. The van der Waals surface area contributed by atoms with Crippen LogP contribution in [0.25, 0.3) is 10.9 Å². The van der Waals surface area contributed by atoms with Gasteiger partial charge >= 0.3 is 0 Å². The predicted molar refractivity (Wildman–Crippen MR) is 108 cm³/mol. The summed E-state index contributed by atoms with van der Waals surface area (Å²) in [5.74, 6) is 0.857. The highest BCUT2D eigenvalue weighted by molar-refractivity contribution is 6.03. The van der Waals surface area contributed by atoms with Crippen molar-refractivity contribution in [2.24, 2.45) is 4.99 Å². The first kappa shape index (κ1) is 17.3. The molecule has 0 aliphatic carbocycles. The summed E-state index contributed by atoms with van der Waals surface area (Å²) in [6.07, 6.45) is 2.03. The van der Waals surface area contributed by atoms with E-state index in [9.17, 15) is 4.79 Å². The molecule has 2 heterocycles. The zero-order valence-electron chi connectivity index (χ0n) is 15.4. The number of rotatable bonds is 6. The molecule has 0 bridgehead atoms. The van der Waals surface area contributed by atoms with Gasteiger partial charge in [0.05, 0.1) is 13.5 Å². The Labute approximate surface area is 158 Å². The fraction of sp³-hybridized carbons (Fsp3) is 0.273. The van der Waals surface area contributed by atoms with Crippen LogP contribution in [0.1, 0.15) is 23.2 Å². The standard InChI is InChI=1S/C22H23N3O2/c1-27-18-7-6-15-8-10-23-21(19(15)14-18)9-11-24-22(26)13-17-12-16-4-2-3-5-20(16)25-17/h2-7,12,14,25H,8-11,13H2,1H3,(H,24,26). The zero-order chi connectivity index (χ0) is 18.6. The van der Waals surface area contributed by atoms with Crippen LogP contribution in [-0.2, 0) is 17.6 Å². The molecule has 0 spiro atoms. The number of hydrogen-bond donors (Lipinski definition) is 2. The Morgan fingerprint density at radius 2 is 2.11 bits per heavy atom. The third-order valence-corrected chi connectivity index (χ3v) is 4.93. The molecule has 4 rings (SSSR count). The van der Waals surface area contributed by atoms with Gasteiger partial charge in [-0.15, -0.1) is 0 Å². The first-order chi connectivity index (χ1) is 13.2. The van der Waals surface area contributed by atoms with Gasteiger partial charge in [-0.25, -0.2) is 0 Å². The van der Waals surface area contributed by atoms with E-state index in [4.69, 9.17) is 4.74 Å². The molecular formula is C22H23N3O2. The highest BCUT2D eigenvalue weighted by Gasteiger charge is 2.15. The van der Waals surface area contributed by atoms with Gasteiger partial charge in [-0.2, -0.15) is 0 Å². The molecule has 0 saturated carbocycles. The molecule has 1 aromatic heterocycles. The van der Waals surface area contributed by atoms with Crippen LogP contribution in [0, 0.1) is 0 Å².